The largest absolute Gasteiger partial charge is 0.344 e. The molecule has 0 aromatic heterocycles. The molecule has 0 saturated carbocycles. The summed E-state index contributed by atoms with van der Waals surface area (Å²) in [7, 11) is 0. The van der Waals surface area contributed by atoms with Crippen LogP contribution in [0.5, 0.6) is 0 Å². The van der Waals surface area contributed by atoms with Gasteiger partial charge in [-0.1, -0.05) is 12.5 Å². The Kier molecular flexibility index (Phi) is 18.6. The van der Waals surface area contributed by atoms with E-state index in [4.69, 9.17) is 0 Å². The van der Waals surface area contributed by atoms with Crippen molar-refractivity contribution in [2.45, 2.75) is 0 Å². The van der Waals surface area contributed by atoms with Crippen molar-refractivity contribution < 1.29 is 0 Å². The molecular formula is C4H7N. The zero-order valence-electron chi connectivity index (χ0n) is 3.07. The predicted molar refractivity (Wildman–Crippen MR) is 24.1 cm³/mol. The molecule has 1 nitrogen and oxygen atoms in total. The molecule has 3 N–H and O–H groups in total. The fourth-order valence-corrected chi connectivity index (χ4v) is 0. The maximum Gasteiger partial charge on any atom is -0.0194 e. The van der Waals surface area contributed by atoms with Crippen LogP contribution >= 0.6 is 0 Å². The van der Waals surface area contributed by atoms with Gasteiger partial charge in [-0.25, -0.2) is 0 Å². The van der Waals surface area contributed by atoms with Crippen molar-refractivity contribution in [2.75, 3.05) is 0 Å². The molecule has 0 spiro atoms. The molecule has 0 bridgehead atoms. The van der Waals surface area contributed by atoms with Gasteiger partial charge in [-0.2, -0.15) is 0 Å². The van der Waals surface area contributed by atoms with Crippen LogP contribution in [0.25, 0.3) is 0 Å². The summed E-state index contributed by atoms with van der Waals surface area (Å²) in [6.07, 6.45) is 6.06. The molecule has 0 aliphatic heterocycles. The van der Waals surface area contributed by atoms with Gasteiger partial charge in [0.1, 0.15) is 0 Å². The lowest BCUT2D eigenvalue weighted by atomic mass is 10.7. The van der Waals surface area contributed by atoms with Crippen molar-refractivity contribution in [3.8, 4) is 12.3 Å². The fraction of sp³-hybridized carbons (Fsp3) is 0. The Morgan fingerprint density at radius 3 is 2.00 bits per heavy atom. The number of hydrogen-bond acceptors (Lipinski definition) is 1. The van der Waals surface area contributed by atoms with Crippen molar-refractivity contribution in [3.05, 3.63) is 12.7 Å². The molecule has 0 rings (SSSR count). The highest BCUT2D eigenvalue weighted by atomic mass is 14.0. The summed E-state index contributed by atoms with van der Waals surface area (Å²) in [6.45, 7) is 3.24. The topological polar surface area (TPSA) is 35.0 Å². The Bertz CT molecular complexity index is 49.2. The number of terminal acetylenes is 1. The average Bonchev–Trinajstić information content (AvgIpc) is 1.37. The standard InChI is InChI=1S/C4H4.H3N/c1-3-4-2;/h1,4H,2H2;1H3. The third kappa shape index (κ3) is 76.6. The van der Waals surface area contributed by atoms with Crippen molar-refractivity contribution in [1.29, 1.82) is 0 Å². The van der Waals surface area contributed by atoms with E-state index in [1.54, 1.807) is 0 Å². The Labute approximate surface area is 32.3 Å². The first-order chi connectivity index (χ1) is 1.91. The Morgan fingerprint density at radius 1 is 1.80 bits per heavy atom. The summed E-state index contributed by atoms with van der Waals surface area (Å²) in [5.74, 6) is 2.19. The van der Waals surface area contributed by atoms with Crippen LogP contribution in [0.2, 0.25) is 0 Å². The Hall–Kier alpha value is -0.740. The number of rotatable bonds is 0. The first kappa shape index (κ1) is 8.86. The molecule has 5 heavy (non-hydrogen) atoms. The third-order valence-corrected chi connectivity index (χ3v) is 0.118. The van der Waals surface area contributed by atoms with E-state index in [1.165, 1.54) is 6.08 Å². The van der Waals surface area contributed by atoms with E-state index in [0.29, 0.717) is 0 Å². The Balaban J connectivity index is 0. The predicted octanol–water partition coefficient (Wildman–Crippen LogP) is 0.968. The van der Waals surface area contributed by atoms with E-state index >= 15 is 0 Å². The summed E-state index contributed by atoms with van der Waals surface area (Å²) in [5, 5.41) is 0. The summed E-state index contributed by atoms with van der Waals surface area (Å²) >= 11 is 0. The van der Waals surface area contributed by atoms with Gasteiger partial charge in [0.15, 0.2) is 0 Å². The van der Waals surface area contributed by atoms with Crippen LogP contribution in [0, 0.1) is 12.3 Å². The zero-order valence-corrected chi connectivity index (χ0v) is 3.07. The highest BCUT2D eigenvalue weighted by molar-refractivity contribution is 5.03. The molecule has 0 aliphatic rings. The van der Waals surface area contributed by atoms with E-state index in [1.807, 2.05) is 0 Å². The van der Waals surface area contributed by atoms with Crippen LogP contribution in [0.1, 0.15) is 0 Å². The molecule has 28 valence electrons. The van der Waals surface area contributed by atoms with E-state index in [2.05, 4.69) is 18.9 Å². The smallest absolute Gasteiger partial charge is 0.0194 e. The average molecular weight is 69.1 g/mol. The van der Waals surface area contributed by atoms with Gasteiger partial charge in [-0.05, 0) is 6.08 Å². The van der Waals surface area contributed by atoms with E-state index in [9.17, 15) is 0 Å². The molecule has 0 atom stereocenters. The van der Waals surface area contributed by atoms with Crippen LogP contribution in [0.3, 0.4) is 0 Å². The van der Waals surface area contributed by atoms with Gasteiger partial charge in [0.2, 0.25) is 0 Å². The van der Waals surface area contributed by atoms with E-state index < -0.39 is 0 Å². The molecule has 1 heteroatoms. The second kappa shape index (κ2) is 10.5. The first-order valence-corrected chi connectivity index (χ1v) is 0.986. The number of allylic oxidation sites excluding steroid dienone is 1. The van der Waals surface area contributed by atoms with E-state index in [-0.39, 0.29) is 6.15 Å². The molecule has 0 aromatic rings. The summed E-state index contributed by atoms with van der Waals surface area (Å²) in [5.41, 5.74) is 0. The lowest BCUT2D eigenvalue weighted by molar-refractivity contribution is 2.13. The summed E-state index contributed by atoms with van der Waals surface area (Å²) < 4.78 is 0. The highest BCUT2D eigenvalue weighted by Crippen LogP contribution is 1.41. The molecule has 0 aliphatic carbocycles. The second-order valence-corrected chi connectivity index (χ2v) is 0.371. The molecule has 0 amide bonds. The van der Waals surface area contributed by atoms with Crippen LogP contribution in [0.15, 0.2) is 12.7 Å². The van der Waals surface area contributed by atoms with Gasteiger partial charge in [0.05, 0.1) is 0 Å². The van der Waals surface area contributed by atoms with Crippen LogP contribution in [0.4, 0.5) is 0 Å². The maximum absolute atomic E-state index is 4.66. The molecule has 0 saturated heterocycles. The van der Waals surface area contributed by atoms with Gasteiger partial charge in [-0.3, -0.25) is 0 Å². The lowest BCUT2D eigenvalue weighted by Crippen LogP contribution is -1.24. The van der Waals surface area contributed by atoms with Crippen LogP contribution in [-0.2, 0) is 0 Å². The maximum atomic E-state index is 4.66. The normalized spacial score (nSPS) is 3.00. The minimum Gasteiger partial charge on any atom is -0.344 e. The SMILES string of the molecule is C#CC=C.N. The van der Waals surface area contributed by atoms with Gasteiger partial charge >= 0.3 is 0 Å². The summed E-state index contributed by atoms with van der Waals surface area (Å²) in [4.78, 5) is 0. The molecular weight excluding hydrogens is 62.1 g/mol. The second-order valence-electron chi connectivity index (χ2n) is 0.371. The molecule has 0 fully saturated rings. The van der Waals surface area contributed by atoms with E-state index in [0.717, 1.165) is 0 Å². The van der Waals surface area contributed by atoms with Gasteiger partial charge in [-0.15, -0.1) is 6.42 Å². The Morgan fingerprint density at radius 2 is 2.00 bits per heavy atom. The quantitative estimate of drug-likeness (QED) is 0.422. The molecule has 0 heterocycles. The zero-order chi connectivity index (χ0) is 3.41. The first-order valence-electron chi connectivity index (χ1n) is 0.986. The van der Waals surface area contributed by atoms with Crippen molar-refractivity contribution in [2.24, 2.45) is 0 Å². The van der Waals surface area contributed by atoms with Crippen molar-refractivity contribution in [3.63, 3.8) is 0 Å². The van der Waals surface area contributed by atoms with Crippen molar-refractivity contribution in [1.82, 2.24) is 6.15 Å². The van der Waals surface area contributed by atoms with Crippen LogP contribution < -0.4 is 6.15 Å². The van der Waals surface area contributed by atoms with Gasteiger partial charge < -0.3 is 6.15 Å². The molecule has 0 aromatic carbocycles. The van der Waals surface area contributed by atoms with Gasteiger partial charge in [0.25, 0.3) is 0 Å². The minimum absolute atomic E-state index is 0. The highest BCUT2D eigenvalue weighted by Gasteiger charge is 1.26. The summed E-state index contributed by atoms with van der Waals surface area (Å²) in [6, 6.07) is 0. The minimum atomic E-state index is 0. The van der Waals surface area contributed by atoms with Crippen LogP contribution in [-0.4, -0.2) is 0 Å². The van der Waals surface area contributed by atoms with Crippen molar-refractivity contribution >= 4 is 0 Å². The van der Waals surface area contributed by atoms with Gasteiger partial charge in [0, 0.05) is 0 Å². The molecule has 0 radical (unpaired) electrons. The number of hydrogen-bond donors (Lipinski definition) is 1. The monoisotopic (exact) mass is 69.1 g/mol. The fourth-order valence-electron chi connectivity index (χ4n) is 0. The lowest BCUT2D eigenvalue weighted by Gasteiger charge is -1.38. The molecule has 0 unspecified atom stereocenters. The third-order valence-electron chi connectivity index (χ3n) is 0.118.